The second-order valence-corrected chi connectivity index (χ2v) is 8.74. The number of anilines is 1. The van der Waals surface area contributed by atoms with Crippen molar-refractivity contribution in [1.29, 1.82) is 0 Å². The predicted octanol–water partition coefficient (Wildman–Crippen LogP) is 2.88. The highest BCUT2D eigenvalue weighted by Crippen LogP contribution is 2.31. The zero-order valence-corrected chi connectivity index (χ0v) is 16.2. The third-order valence-electron chi connectivity index (χ3n) is 4.87. The number of sulfonamides is 1. The maximum atomic E-state index is 12.7. The Bertz CT molecular complexity index is 967. The van der Waals surface area contributed by atoms with Gasteiger partial charge in [-0.25, -0.2) is 8.42 Å². The lowest BCUT2D eigenvalue weighted by atomic mass is 10.1. The van der Waals surface area contributed by atoms with Gasteiger partial charge in [-0.3, -0.25) is 4.79 Å². The van der Waals surface area contributed by atoms with Gasteiger partial charge in [0.1, 0.15) is 13.2 Å². The summed E-state index contributed by atoms with van der Waals surface area (Å²) in [4.78, 5) is 12.7. The maximum Gasteiger partial charge on any atom is 0.255 e. The summed E-state index contributed by atoms with van der Waals surface area (Å²) < 4.78 is 37.9. The molecule has 1 fully saturated rings. The molecular weight excluding hydrogens is 380 g/mol. The van der Waals surface area contributed by atoms with Crippen LogP contribution in [0.1, 0.15) is 29.6 Å². The van der Waals surface area contributed by atoms with E-state index in [-0.39, 0.29) is 10.8 Å². The van der Waals surface area contributed by atoms with Gasteiger partial charge in [-0.1, -0.05) is 6.42 Å². The van der Waals surface area contributed by atoms with Gasteiger partial charge in [0.25, 0.3) is 5.91 Å². The van der Waals surface area contributed by atoms with Gasteiger partial charge in [-0.15, -0.1) is 0 Å². The normalized spacial score (nSPS) is 17.1. The molecule has 8 heteroatoms. The summed E-state index contributed by atoms with van der Waals surface area (Å²) in [6.07, 6.45) is 2.85. The summed E-state index contributed by atoms with van der Waals surface area (Å²) in [5, 5.41) is 2.78. The van der Waals surface area contributed by atoms with Crippen LogP contribution in [-0.4, -0.2) is 44.9 Å². The molecular formula is C20H22N2O5S. The van der Waals surface area contributed by atoms with E-state index in [1.807, 2.05) is 0 Å². The number of nitrogens with one attached hydrogen (secondary N) is 1. The van der Waals surface area contributed by atoms with Crippen molar-refractivity contribution in [2.75, 3.05) is 31.6 Å². The van der Waals surface area contributed by atoms with Crippen LogP contribution < -0.4 is 14.8 Å². The molecule has 0 radical (unpaired) electrons. The zero-order chi connectivity index (χ0) is 19.6. The van der Waals surface area contributed by atoms with Crippen molar-refractivity contribution in [3.05, 3.63) is 48.0 Å². The van der Waals surface area contributed by atoms with E-state index >= 15 is 0 Å². The zero-order valence-electron chi connectivity index (χ0n) is 15.4. The van der Waals surface area contributed by atoms with Crippen molar-refractivity contribution in [1.82, 2.24) is 4.31 Å². The van der Waals surface area contributed by atoms with Crippen molar-refractivity contribution in [3.8, 4) is 11.5 Å². The smallest absolute Gasteiger partial charge is 0.255 e. The molecule has 1 amide bonds. The highest BCUT2D eigenvalue weighted by molar-refractivity contribution is 7.89. The van der Waals surface area contributed by atoms with Gasteiger partial charge in [-0.05, 0) is 55.3 Å². The van der Waals surface area contributed by atoms with E-state index in [2.05, 4.69) is 5.32 Å². The van der Waals surface area contributed by atoms with E-state index in [0.717, 1.165) is 19.3 Å². The molecule has 0 unspecified atom stereocenters. The molecule has 7 nitrogen and oxygen atoms in total. The fraction of sp³-hybridized carbons (Fsp3) is 0.350. The third kappa shape index (κ3) is 3.83. The van der Waals surface area contributed by atoms with Crippen LogP contribution in [-0.2, 0) is 10.0 Å². The van der Waals surface area contributed by atoms with E-state index in [9.17, 15) is 13.2 Å². The van der Waals surface area contributed by atoms with Gasteiger partial charge < -0.3 is 14.8 Å². The Morgan fingerprint density at radius 1 is 0.893 bits per heavy atom. The lowest BCUT2D eigenvalue weighted by molar-refractivity contribution is 0.102. The molecule has 148 valence electrons. The number of benzene rings is 2. The lowest BCUT2D eigenvalue weighted by Crippen LogP contribution is -2.35. The van der Waals surface area contributed by atoms with Gasteiger partial charge >= 0.3 is 0 Å². The minimum atomic E-state index is -3.48. The van der Waals surface area contributed by atoms with Crippen LogP contribution in [0, 0.1) is 0 Å². The molecule has 2 heterocycles. The Kier molecular flexibility index (Phi) is 5.23. The topological polar surface area (TPSA) is 84.9 Å². The Labute approximate surface area is 164 Å². The van der Waals surface area contributed by atoms with E-state index < -0.39 is 10.0 Å². The number of carbonyl (C=O) groups excluding carboxylic acids is 1. The average molecular weight is 402 g/mol. The highest BCUT2D eigenvalue weighted by atomic mass is 32.2. The summed E-state index contributed by atoms with van der Waals surface area (Å²) in [6, 6.07) is 11.3. The Morgan fingerprint density at radius 3 is 2.29 bits per heavy atom. The monoisotopic (exact) mass is 402 g/mol. The summed E-state index contributed by atoms with van der Waals surface area (Å²) in [5.41, 5.74) is 0.965. The molecule has 2 aliphatic heterocycles. The molecule has 4 rings (SSSR count). The summed E-state index contributed by atoms with van der Waals surface area (Å²) in [6.45, 7) is 2.06. The van der Waals surface area contributed by atoms with Crippen molar-refractivity contribution >= 4 is 21.6 Å². The molecule has 0 saturated carbocycles. The number of carbonyl (C=O) groups is 1. The average Bonchev–Trinajstić information content (AvgIpc) is 2.74. The molecule has 0 atom stereocenters. The van der Waals surface area contributed by atoms with Crippen LogP contribution in [0.3, 0.4) is 0 Å². The molecule has 0 aliphatic carbocycles. The molecule has 1 saturated heterocycles. The largest absolute Gasteiger partial charge is 0.486 e. The molecule has 0 aromatic heterocycles. The number of rotatable bonds is 4. The minimum Gasteiger partial charge on any atom is -0.486 e. The number of hydrogen-bond donors (Lipinski definition) is 1. The van der Waals surface area contributed by atoms with Crippen molar-refractivity contribution < 1.29 is 22.7 Å². The molecule has 0 spiro atoms. The number of ether oxygens (including phenoxy) is 2. The lowest BCUT2D eigenvalue weighted by Gasteiger charge is -2.25. The van der Waals surface area contributed by atoms with Crippen LogP contribution in [0.4, 0.5) is 5.69 Å². The Hall–Kier alpha value is -2.58. The minimum absolute atomic E-state index is 0.242. The van der Waals surface area contributed by atoms with Crippen molar-refractivity contribution in [2.45, 2.75) is 24.2 Å². The number of piperidine rings is 1. The van der Waals surface area contributed by atoms with Gasteiger partial charge in [0.2, 0.25) is 10.0 Å². The maximum absolute atomic E-state index is 12.7. The number of nitrogens with zero attached hydrogens (tertiary/aromatic N) is 1. The van der Waals surface area contributed by atoms with E-state index in [0.29, 0.717) is 49.1 Å². The fourth-order valence-electron chi connectivity index (χ4n) is 3.35. The van der Waals surface area contributed by atoms with Crippen LogP contribution in [0.15, 0.2) is 47.4 Å². The molecule has 2 aliphatic rings. The van der Waals surface area contributed by atoms with Crippen LogP contribution >= 0.6 is 0 Å². The second kappa shape index (κ2) is 7.81. The predicted molar refractivity (Wildman–Crippen MR) is 104 cm³/mol. The SMILES string of the molecule is O=C(Nc1ccc(S(=O)(=O)N2CCCCC2)cc1)c1ccc2c(c1)OCCO2. The first kappa shape index (κ1) is 18.8. The Morgan fingerprint density at radius 2 is 1.57 bits per heavy atom. The van der Waals surface area contributed by atoms with E-state index in [1.54, 1.807) is 30.3 Å². The van der Waals surface area contributed by atoms with Gasteiger partial charge in [0.05, 0.1) is 4.90 Å². The van der Waals surface area contributed by atoms with Crippen molar-refractivity contribution in [2.24, 2.45) is 0 Å². The number of fused-ring (bicyclic) bond motifs is 1. The first-order chi connectivity index (χ1) is 13.5. The molecule has 2 aromatic rings. The van der Waals surface area contributed by atoms with Crippen LogP contribution in [0.2, 0.25) is 0 Å². The van der Waals surface area contributed by atoms with Gasteiger partial charge in [-0.2, -0.15) is 4.31 Å². The first-order valence-electron chi connectivity index (χ1n) is 9.35. The standard InChI is InChI=1S/C20H22N2O5S/c23-20(15-4-9-18-19(14-15)27-13-12-26-18)21-16-5-7-17(8-6-16)28(24,25)22-10-2-1-3-11-22/h4-9,14H,1-3,10-13H2,(H,21,23). The van der Waals surface area contributed by atoms with E-state index in [1.165, 1.54) is 16.4 Å². The van der Waals surface area contributed by atoms with Crippen molar-refractivity contribution in [3.63, 3.8) is 0 Å². The molecule has 1 N–H and O–H groups in total. The summed E-state index contributed by atoms with van der Waals surface area (Å²) in [5.74, 6) is 0.862. The fourth-order valence-corrected chi connectivity index (χ4v) is 4.87. The quantitative estimate of drug-likeness (QED) is 0.850. The summed E-state index contributed by atoms with van der Waals surface area (Å²) in [7, 11) is -3.48. The second-order valence-electron chi connectivity index (χ2n) is 6.80. The number of hydrogen-bond acceptors (Lipinski definition) is 5. The molecule has 2 aromatic carbocycles. The van der Waals surface area contributed by atoms with Crippen LogP contribution in [0.25, 0.3) is 0 Å². The highest BCUT2D eigenvalue weighted by Gasteiger charge is 2.25. The molecule has 28 heavy (non-hydrogen) atoms. The Balaban J connectivity index is 1.46. The first-order valence-corrected chi connectivity index (χ1v) is 10.8. The van der Waals surface area contributed by atoms with E-state index in [4.69, 9.17) is 9.47 Å². The van der Waals surface area contributed by atoms with Gasteiger partial charge in [0, 0.05) is 24.3 Å². The van der Waals surface area contributed by atoms with Gasteiger partial charge in [0.15, 0.2) is 11.5 Å². The van der Waals surface area contributed by atoms with Crippen LogP contribution in [0.5, 0.6) is 11.5 Å². The third-order valence-corrected chi connectivity index (χ3v) is 6.78. The summed E-state index contributed by atoms with van der Waals surface area (Å²) >= 11 is 0. The molecule has 0 bridgehead atoms. The number of amides is 1.